The molecule has 1 saturated carbocycles. The number of carbonyl (C=O) groups excluding carboxylic acids is 1. The smallest absolute Gasteiger partial charge is 0.225 e. The van der Waals surface area contributed by atoms with Gasteiger partial charge < -0.3 is 9.64 Å². The van der Waals surface area contributed by atoms with E-state index in [2.05, 4.69) is 0 Å². The molecule has 1 aromatic carbocycles. The summed E-state index contributed by atoms with van der Waals surface area (Å²) >= 11 is 0. The molecule has 0 bridgehead atoms. The third kappa shape index (κ3) is 3.36. The highest BCUT2D eigenvalue weighted by atomic mass is 19.1. The highest BCUT2D eigenvalue weighted by Gasteiger charge is 2.34. The Balaban J connectivity index is 1.56. The fraction of sp³-hybridized carbons (Fsp3) is 0.588. The lowest BCUT2D eigenvalue weighted by Gasteiger charge is -2.32. The van der Waals surface area contributed by atoms with Crippen molar-refractivity contribution >= 4 is 5.91 Å². The number of rotatable bonds is 4. The van der Waals surface area contributed by atoms with Gasteiger partial charge in [-0.25, -0.2) is 4.39 Å². The van der Waals surface area contributed by atoms with Gasteiger partial charge in [0.05, 0.1) is 7.11 Å². The van der Waals surface area contributed by atoms with Crippen molar-refractivity contribution in [3.63, 3.8) is 0 Å². The molecule has 1 aliphatic heterocycles. The summed E-state index contributed by atoms with van der Waals surface area (Å²) in [5.74, 6) is 1.63. The average molecular weight is 291 g/mol. The van der Waals surface area contributed by atoms with Gasteiger partial charge in [-0.1, -0.05) is 0 Å². The van der Waals surface area contributed by atoms with Gasteiger partial charge >= 0.3 is 0 Å². The van der Waals surface area contributed by atoms with Crippen LogP contribution in [0.3, 0.4) is 0 Å². The summed E-state index contributed by atoms with van der Waals surface area (Å²) in [5.41, 5.74) is 0.723. The van der Waals surface area contributed by atoms with Crippen molar-refractivity contribution in [2.24, 2.45) is 11.8 Å². The Morgan fingerprint density at radius 2 is 2.00 bits per heavy atom. The largest absolute Gasteiger partial charge is 0.497 e. The lowest BCUT2D eigenvalue weighted by atomic mass is 9.89. The first-order valence-corrected chi connectivity index (χ1v) is 7.78. The molecule has 1 aromatic rings. The normalized spacial score (nSPS) is 19.6. The Bertz CT molecular complexity index is 520. The highest BCUT2D eigenvalue weighted by Crippen LogP contribution is 2.33. The van der Waals surface area contributed by atoms with Gasteiger partial charge in [0.25, 0.3) is 0 Å². The molecule has 4 heteroatoms. The zero-order valence-corrected chi connectivity index (χ0v) is 12.5. The van der Waals surface area contributed by atoms with Gasteiger partial charge in [-0.2, -0.15) is 0 Å². The average Bonchev–Trinajstić information content (AvgIpc) is 3.34. The predicted molar refractivity (Wildman–Crippen MR) is 78.7 cm³/mol. The zero-order valence-electron chi connectivity index (χ0n) is 12.5. The summed E-state index contributed by atoms with van der Waals surface area (Å²) in [5, 5.41) is 0. The molecule has 2 fully saturated rings. The first-order valence-electron chi connectivity index (χ1n) is 7.78. The SMILES string of the molecule is COc1ccc(F)c(CC2CCN(C(=O)C3CC3)CC2)c1. The van der Waals surface area contributed by atoms with E-state index in [0.29, 0.717) is 23.5 Å². The molecule has 0 spiro atoms. The number of piperidine rings is 1. The van der Waals surface area contributed by atoms with Crippen LogP contribution in [0, 0.1) is 17.7 Å². The van der Waals surface area contributed by atoms with E-state index in [1.807, 2.05) is 4.90 Å². The lowest BCUT2D eigenvalue weighted by molar-refractivity contribution is -0.133. The molecule has 2 aliphatic rings. The van der Waals surface area contributed by atoms with E-state index >= 15 is 0 Å². The second kappa shape index (κ2) is 6.04. The van der Waals surface area contributed by atoms with Crippen LogP contribution in [0.5, 0.6) is 5.75 Å². The fourth-order valence-corrected chi connectivity index (χ4v) is 3.09. The molecule has 21 heavy (non-hydrogen) atoms. The van der Waals surface area contributed by atoms with Crippen LogP contribution in [0.25, 0.3) is 0 Å². The Morgan fingerprint density at radius 1 is 1.29 bits per heavy atom. The van der Waals surface area contributed by atoms with E-state index in [-0.39, 0.29) is 5.82 Å². The summed E-state index contributed by atoms with van der Waals surface area (Å²) in [6.45, 7) is 1.65. The van der Waals surface area contributed by atoms with E-state index in [0.717, 1.165) is 50.8 Å². The van der Waals surface area contributed by atoms with Crippen LogP contribution < -0.4 is 4.74 Å². The first kappa shape index (κ1) is 14.4. The van der Waals surface area contributed by atoms with Crippen molar-refractivity contribution in [3.8, 4) is 5.75 Å². The van der Waals surface area contributed by atoms with Crippen molar-refractivity contribution < 1.29 is 13.9 Å². The van der Waals surface area contributed by atoms with Gasteiger partial charge in [-0.3, -0.25) is 4.79 Å². The molecule has 114 valence electrons. The van der Waals surface area contributed by atoms with E-state index in [1.54, 1.807) is 19.2 Å². The number of hydrogen-bond donors (Lipinski definition) is 0. The zero-order chi connectivity index (χ0) is 14.8. The number of methoxy groups -OCH3 is 1. The molecular weight excluding hydrogens is 269 g/mol. The number of benzene rings is 1. The van der Waals surface area contributed by atoms with Crippen LogP contribution in [-0.2, 0) is 11.2 Å². The summed E-state index contributed by atoms with van der Waals surface area (Å²) in [7, 11) is 1.60. The molecule has 3 nitrogen and oxygen atoms in total. The Labute approximate surface area is 125 Å². The van der Waals surface area contributed by atoms with E-state index in [9.17, 15) is 9.18 Å². The topological polar surface area (TPSA) is 29.5 Å². The summed E-state index contributed by atoms with van der Waals surface area (Å²) in [6, 6.07) is 4.91. The number of ether oxygens (including phenoxy) is 1. The van der Waals surface area contributed by atoms with Gasteiger partial charge in [0.2, 0.25) is 5.91 Å². The Kier molecular flexibility index (Phi) is 4.13. The maximum absolute atomic E-state index is 13.9. The summed E-state index contributed by atoms with van der Waals surface area (Å²) in [6.07, 6.45) is 4.79. The van der Waals surface area contributed by atoms with Gasteiger partial charge in [0, 0.05) is 19.0 Å². The summed E-state index contributed by atoms with van der Waals surface area (Å²) < 4.78 is 19.0. The van der Waals surface area contributed by atoms with Gasteiger partial charge in [0.1, 0.15) is 11.6 Å². The third-order valence-electron chi connectivity index (χ3n) is 4.61. The molecule has 0 N–H and O–H groups in total. The molecule has 0 aromatic heterocycles. The maximum Gasteiger partial charge on any atom is 0.225 e. The van der Waals surface area contributed by atoms with E-state index in [4.69, 9.17) is 4.74 Å². The lowest BCUT2D eigenvalue weighted by Crippen LogP contribution is -2.39. The number of hydrogen-bond acceptors (Lipinski definition) is 2. The number of nitrogens with zero attached hydrogens (tertiary/aromatic N) is 1. The number of likely N-dealkylation sites (tertiary alicyclic amines) is 1. The molecule has 0 radical (unpaired) electrons. The van der Waals surface area contributed by atoms with Crippen LogP contribution in [-0.4, -0.2) is 31.0 Å². The second-order valence-electron chi connectivity index (χ2n) is 6.20. The third-order valence-corrected chi connectivity index (χ3v) is 4.61. The fourth-order valence-electron chi connectivity index (χ4n) is 3.09. The molecule has 1 aliphatic carbocycles. The van der Waals surface area contributed by atoms with Crippen LogP contribution in [0.4, 0.5) is 4.39 Å². The first-order chi connectivity index (χ1) is 10.2. The van der Waals surface area contributed by atoms with Gasteiger partial charge in [0.15, 0.2) is 0 Å². The number of amides is 1. The van der Waals surface area contributed by atoms with Crippen molar-refractivity contribution in [2.45, 2.75) is 32.1 Å². The molecule has 3 rings (SSSR count). The molecule has 1 amide bonds. The monoisotopic (exact) mass is 291 g/mol. The van der Waals surface area contributed by atoms with Gasteiger partial charge in [-0.05, 0) is 61.8 Å². The van der Waals surface area contributed by atoms with Crippen molar-refractivity contribution in [3.05, 3.63) is 29.6 Å². The quantitative estimate of drug-likeness (QED) is 0.853. The second-order valence-corrected chi connectivity index (χ2v) is 6.20. The molecule has 0 atom stereocenters. The van der Waals surface area contributed by atoms with Crippen LogP contribution in [0.15, 0.2) is 18.2 Å². The molecule has 1 saturated heterocycles. The van der Waals surface area contributed by atoms with Crippen LogP contribution in [0.2, 0.25) is 0 Å². The van der Waals surface area contributed by atoms with Crippen LogP contribution >= 0.6 is 0 Å². The number of halogens is 1. The summed E-state index contributed by atoms with van der Waals surface area (Å²) in [4.78, 5) is 14.0. The van der Waals surface area contributed by atoms with E-state index in [1.165, 1.54) is 6.07 Å². The van der Waals surface area contributed by atoms with Gasteiger partial charge in [-0.15, -0.1) is 0 Å². The molecule has 0 unspecified atom stereocenters. The highest BCUT2D eigenvalue weighted by molar-refractivity contribution is 5.81. The molecule has 1 heterocycles. The Morgan fingerprint density at radius 3 is 2.62 bits per heavy atom. The predicted octanol–water partition coefficient (Wildman–Crippen LogP) is 3.03. The maximum atomic E-state index is 13.9. The minimum absolute atomic E-state index is 0.160. The Hall–Kier alpha value is -1.58. The minimum Gasteiger partial charge on any atom is -0.497 e. The van der Waals surface area contributed by atoms with Crippen molar-refractivity contribution in [2.75, 3.05) is 20.2 Å². The van der Waals surface area contributed by atoms with Crippen molar-refractivity contribution in [1.29, 1.82) is 0 Å². The van der Waals surface area contributed by atoms with Crippen LogP contribution in [0.1, 0.15) is 31.2 Å². The number of carbonyl (C=O) groups is 1. The molecular formula is C17H22FNO2. The van der Waals surface area contributed by atoms with Crippen molar-refractivity contribution in [1.82, 2.24) is 4.90 Å². The minimum atomic E-state index is -0.160. The standard InChI is InChI=1S/C17H22FNO2/c1-21-15-4-5-16(18)14(11-15)10-12-6-8-19(9-7-12)17(20)13-2-3-13/h4-5,11-13H,2-3,6-10H2,1H3. The van der Waals surface area contributed by atoms with E-state index < -0.39 is 0 Å².